The first-order valence-electron chi connectivity index (χ1n) is 5.04. The summed E-state index contributed by atoms with van der Waals surface area (Å²) in [6, 6.07) is 7.12. The third-order valence-electron chi connectivity index (χ3n) is 2.57. The van der Waals surface area contributed by atoms with Crippen LogP contribution in [0.2, 0.25) is 0 Å². The molecule has 5 heteroatoms. The van der Waals surface area contributed by atoms with Crippen LogP contribution in [0.15, 0.2) is 24.3 Å². The van der Waals surface area contributed by atoms with E-state index in [0.29, 0.717) is 0 Å². The Morgan fingerprint density at radius 3 is 2.69 bits per heavy atom. The zero-order valence-electron chi connectivity index (χ0n) is 8.66. The van der Waals surface area contributed by atoms with Crippen molar-refractivity contribution in [3.8, 4) is 5.75 Å². The lowest BCUT2D eigenvalue weighted by atomic mass is 10.0. The van der Waals surface area contributed by atoms with E-state index in [-0.39, 0.29) is 24.2 Å². The van der Waals surface area contributed by atoms with Gasteiger partial charge in [0.2, 0.25) is 0 Å². The number of halogens is 3. The van der Waals surface area contributed by atoms with E-state index in [9.17, 15) is 8.78 Å². The first-order chi connectivity index (χ1) is 7.27. The summed E-state index contributed by atoms with van der Waals surface area (Å²) in [4.78, 5) is 0. The highest BCUT2D eigenvalue weighted by Gasteiger charge is 2.20. The van der Waals surface area contributed by atoms with E-state index in [0.717, 1.165) is 24.9 Å². The predicted octanol–water partition coefficient (Wildman–Crippen LogP) is 3.13. The van der Waals surface area contributed by atoms with Gasteiger partial charge in [-0.15, -0.1) is 12.4 Å². The quantitative estimate of drug-likeness (QED) is 0.889. The van der Waals surface area contributed by atoms with Crippen molar-refractivity contribution in [1.82, 2.24) is 5.32 Å². The Hall–Kier alpha value is -0.870. The summed E-state index contributed by atoms with van der Waals surface area (Å²) in [6.45, 7) is -1.82. The summed E-state index contributed by atoms with van der Waals surface area (Å²) in [5.74, 6) is 0.284. The molecule has 0 spiro atoms. The molecular weight excluding hydrogens is 236 g/mol. The summed E-state index contributed by atoms with van der Waals surface area (Å²) in [7, 11) is 0. The van der Waals surface area contributed by atoms with Gasteiger partial charge in [-0.2, -0.15) is 8.78 Å². The highest BCUT2D eigenvalue weighted by Crippen LogP contribution is 2.31. The Labute approximate surface area is 99.4 Å². The standard InChI is InChI=1S/C11H13F2NO.ClH/c12-11(13)15-10-6-2-1-4-8(10)9-5-3-7-14-9;/h1-2,4,6,9,11,14H,3,5,7H2;1H/t9-;/m0./s1. The maximum atomic E-state index is 12.1. The van der Waals surface area contributed by atoms with Crippen molar-refractivity contribution < 1.29 is 13.5 Å². The molecule has 1 aromatic carbocycles. The molecule has 1 atom stereocenters. The van der Waals surface area contributed by atoms with Gasteiger partial charge < -0.3 is 10.1 Å². The van der Waals surface area contributed by atoms with Crippen LogP contribution in [0.4, 0.5) is 8.78 Å². The number of benzene rings is 1. The Morgan fingerprint density at radius 2 is 2.06 bits per heavy atom. The number of ether oxygens (including phenoxy) is 1. The minimum Gasteiger partial charge on any atom is -0.434 e. The number of hydrogen-bond acceptors (Lipinski definition) is 2. The molecule has 0 amide bonds. The van der Waals surface area contributed by atoms with E-state index < -0.39 is 6.61 Å². The van der Waals surface area contributed by atoms with E-state index in [1.165, 1.54) is 0 Å². The van der Waals surface area contributed by atoms with Crippen LogP contribution >= 0.6 is 12.4 Å². The van der Waals surface area contributed by atoms with Crippen molar-refractivity contribution in [2.24, 2.45) is 0 Å². The second-order valence-electron chi connectivity index (χ2n) is 3.57. The fourth-order valence-electron chi connectivity index (χ4n) is 1.92. The number of hydrogen-bond donors (Lipinski definition) is 1. The Bertz CT molecular complexity index is 330. The van der Waals surface area contributed by atoms with Gasteiger partial charge in [-0.1, -0.05) is 18.2 Å². The largest absolute Gasteiger partial charge is 0.434 e. The fourth-order valence-corrected chi connectivity index (χ4v) is 1.92. The highest BCUT2D eigenvalue weighted by molar-refractivity contribution is 5.85. The first kappa shape index (κ1) is 13.2. The molecule has 1 saturated heterocycles. The van der Waals surface area contributed by atoms with Crippen molar-refractivity contribution in [3.05, 3.63) is 29.8 Å². The molecule has 1 aromatic rings. The topological polar surface area (TPSA) is 21.3 Å². The van der Waals surface area contributed by atoms with Crippen molar-refractivity contribution in [2.45, 2.75) is 25.5 Å². The average Bonchev–Trinajstić information content (AvgIpc) is 2.70. The SMILES string of the molecule is Cl.FC(F)Oc1ccccc1[C@@H]1CCCN1. The lowest BCUT2D eigenvalue weighted by Gasteiger charge is -2.15. The minimum absolute atomic E-state index is 0. The molecule has 0 aromatic heterocycles. The zero-order valence-corrected chi connectivity index (χ0v) is 9.47. The molecule has 0 aliphatic carbocycles. The maximum Gasteiger partial charge on any atom is 0.387 e. The molecule has 0 bridgehead atoms. The molecule has 2 nitrogen and oxygen atoms in total. The maximum absolute atomic E-state index is 12.1. The number of nitrogens with one attached hydrogen (secondary N) is 1. The average molecular weight is 250 g/mol. The van der Waals surface area contributed by atoms with Crippen LogP contribution in [0.1, 0.15) is 24.4 Å². The van der Waals surface area contributed by atoms with Gasteiger partial charge in [0.1, 0.15) is 5.75 Å². The van der Waals surface area contributed by atoms with Gasteiger partial charge in [0, 0.05) is 11.6 Å². The molecule has 1 fully saturated rings. The predicted molar refractivity (Wildman–Crippen MR) is 60.3 cm³/mol. The molecule has 1 heterocycles. The normalized spacial score (nSPS) is 19.6. The highest BCUT2D eigenvalue weighted by atomic mass is 35.5. The Morgan fingerprint density at radius 1 is 1.31 bits per heavy atom. The number of alkyl halides is 2. The fraction of sp³-hybridized carbons (Fsp3) is 0.455. The molecule has 1 N–H and O–H groups in total. The summed E-state index contributed by atoms with van der Waals surface area (Å²) in [6.07, 6.45) is 2.05. The molecule has 1 aliphatic rings. The van der Waals surface area contributed by atoms with Crippen LogP contribution in [0.3, 0.4) is 0 Å². The van der Waals surface area contributed by atoms with E-state index >= 15 is 0 Å². The number of rotatable bonds is 3. The Balaban J connectivity index is 0.00000128. The van der Waals surface area contributed by atoms with Gasteiger partial charge in [0.15, 0.2) is 0 Å². The number of para-hydroxylation sites is 1. The Kier molecular flexibility index (Phi) is 4.96. The molecule has 16 heavy (non-hydrogen) atoms. The van der Waals surface area contributed by atoms with E-state index in [4.69, 9.17) is 0 Å². The van der Waals surface area contributed by atoms with E-state index in [1.807, 2.05) is 12.1 Å². The van der Waals surface area contributed by atoms with Crippen molar-refractivity contribution in [3.63, 3.8) is 0 Å². The van der Waals surface area contributed by atoms with Crippen LogP contribution in [-0.2, 0) is 0 Å². The van der Waals surface area contributed by atoms with Gasteiger partial charge in [-0.25, -0.2) is 0 Å². The lowest BCUT2D eigenvalue weighted by Crippen LogP contribution is -2.15. The summed E-state index contributed by atoms with van der Waals surface area (Å²) >= 11 is 0. The lowest BCUT2D eigenvalue weighted by molar-refractivity contribution is -0.0506. The summed E-state index contributed by atoms with van der Waals surface area (Å²) in [5.41, 5.74) is 0.829. The third-order valence-corrected chi connectivity index (χ3v) is 2.57. The molecule has 0 radical (unpaired) electrons. The van der Waals surface area contributed by atoms with E-state index in [1.54, 1.807) is 12.1 Å². The molecule has 0 unspecified atom stereocenters. The van der Waals surface area contributed by atoms with Gasteiger partial charge in [-0.3, -0.25) is 0 Å². The van der Waals surface area contributed by atoms with Crippen LogP contribution in [0, 0.1) is 0 Å². The van der Waals surface area contributed by atoms with Crippen molar-refractivity contribution in [1.29, 1.82) is 0 Å². The van der Waals surface area contributed by atoms with Gasteiger partial charge in [-0.05, 0) is 25.5 Å². The van der Waals surface area contributed by atoms with Crippen molar-refractivity contribution in [2.75, 3.05) is 6.54 Å². The minimum atomic E-state index is -2.76. The van der Waals surface area contributed by atoms with Gasteiger partial charge in [0.25, 0.3) is 0 Å². The smallest absolute Gasteiger partial charge is 0.387 e. The van der Waals surface area contributed by atoms with E-state index in [2.05, 4.69) is 10.1 Å². The van der Waals surface area contributed by atoms with Gasteiger partial charge in [0.05, 0.1) is 0 Å². The second-order valence-corrected chi connectivity index (χ2v) is 3.57. The molecule has 2 rings (SSSR count). The molecule has 1 aliphatic heterocycles. The monoisotopic (exact) mass is 249 g/mol. The second kappa shape index (κ2) is 6.01. The summed E-state index contributed by atoms with van der Waals surface area (Å²) < 4.78 is 28.8. The van der Waals surface area contributed by atoms with Gasteiger partial charge >= 0.3 is 6.61 Å². The first-order valence-corrected chi connectivity index (χ1v) is 5.04. The third kappa shape index (κ3) is 3.06. The molecule has 90 valence electrons. The van der Waals surface area contributed by atoms with Crippen LogP contribution < -0.4 is 10.1 Å². The molecule has 0 saturated carbocycles. The zero-order chi connectivity index (χ0) is 10.7. The van der Waals surface area contributed by atoms with Crippen LogP contribution in [0.5, 0.6) is 5.75 Å². The van der Waals surface area contributed by atoms with Crippen LogP contribution in [0.25, 0.3) is 0 Å². The van der Waals surface area contributed by atoms with Crippen molar-refractivity contribution >= 4 is 12.4 Å². The van der Waals surface area contributed by atoms with Crippen LogP contribution in [-0.4, -0.2) is 13.2 Å². The molecular formula is C11H14ClF2NO. The summed E-state index contributed by atoms with van der Waals surface area (Å²) in [5, 5.41) is 3.26.